The smallest absolute Gasteiger partial charge is 0.0589 e. The van der Waals surface area contributed by atoms with Crippen LogP contribution in [0, 0.1) is 5.92 Å². The Hall–Kier alpha value is -0.890. The van der Waals surface area contributed by atoms with Gasteiger partial charge in [0.15, 0.2) is 0 Å². The van der Waals surface area contributed by atoms with E-state index in [1.165, 1.54) is 17.0 Å². The number of nitrogens with zero attached hydrogens (tertiary/aromatic N) is 1. The highest BCUT2D eigenvalue weighted by Gasteiger charge is 2.11. The topological polar surface area (TPSA) is 24.9 Å². The summed E-state index contributed by atoms with van der Waals surface area (Å²) in [5.74, 6) is 0.694. The Morgan fingerprint density at radius 1 is 1.38 bits per heavy atom. The third-order valence-electron chi connectivity index (χ3n) is 2.35. The van der Waals surface area contributed by atoms with Crippen molar-refractivity contribution < 1.29 is 0 Å². The Balaban J connectivity index is 2.21. The standard InChI is InChI=1S/C11H16N2/c1-8(2)5-10-4-3-9-6-12-7-11(9)13-10/h3-4,8,12H,5-7H2,1-2H3. The molecule has 13 heavy (non-hydrogen) atoms. The first-order chi connectivity index (χ1) is 6.25. The van der Waals surface area contributed by atoms with E-state index in [0.29, 0.717) is 5.92 Å². The average molecular weight is 176 g/mol. The summed E-state index contributed by atoms with van der Waals surface area (Å²) in [6, 6.07) is 4.37. The maximum absolute atomic E-state index is 4.63. The van der Waals surface area contributed by atoms with E-state index < -0.39 is 0 Å². The minimum absolute atomic E-state index is 0.694. The van der Waals surface area contributed by atoms with Crippen molar-refractivity contribution in [2.45, 2.75) is 33.4 Å². The molecule has 0 atom stereocenters. The number of hydrogen-bond donors (Lipinski definition) is 1. The number of aromatic nitrogens is 1. The zero-order valence-electron chi connectivity index (χ0n) is 8.30. The number of pyridine rings is 1. The number of rotatable bonds is 2. The van der Waals surface area contributed by atoms with E-state index in [9.17, 15) is 0 Å². The summed E-state index contributed by atoms with van der Waals surface area (Å²) in [5.41, 5.74) is 3.85. The second kappa shape index (κ2) is 3.46. The molecule has 1 aliphatic heterocycles. The molecule has 2 nitrogen and oxygen atoms in total. The van der Waals surface area contributed by atoms with Crippen LogP contribution in [0.5, 0.6) is 0 Å². The third-order valence-corrected chi connectivity index (χ3v) is 2.35. The molecule has 0 bridgehead atoms. The van der Waals surface area contributed by atoms with Gasteiger partial charge in [0.25, 0.3) is 0 Å². The summed E-state index contributed by atoms with van der Waals surface area (Å²) >= 11 is 0. The predicted molar refractivity (Wildman–Crippen MR) is 53.3 cm³/mol. The first kappa shape index (κ1) is 8.70. The van der Waals surface area contributed by atoms with Crippen molar-refractivity contribution in [3.63, 3.8) is 0 Å². The molecule has 0 fully saturated rings. The minimum Gasteiger partial charge on any atom is -0.307 e. The summed E-state index contributed by atoms with van der Waals surface area (Å²) in [6.07, 6.45) is 1.09. The molecule has 0 saturated heterocycles. The van der Waals surface area contributed by atoms with E-state index in [4.69, 9.17) is 0 Å². The lowest BCUT2D eigenvalue weighted by atomic mass is 10.1. The van der Waals surface area contributed by atoms with Gasteiger partial charge in [0.2, 0.25) is 0 Å². The van der Waals surface area contributed by atoms with Crippen LogP contribution in [0.1, 0.15) is 30.8 Å². The van der Waals surface area contributed by atoms with Crippen LogP contribution in [0.3, 0.4) is 0 Å². The largest absolute Gasteiger partial charge is 0.307 e. The monoisotopic (exact) mass is 176 g/mol. The van der Waals surface area contributed by atoms with E-state index in [0.717, 1.165) is 19.5 Å². The van der Waals surface area contributed by atoms with Gasteiger partial charge in [-0.1, -0.05) is 19.9 Å². The quantitative estimate of drug-likeness (QED) is 0.744. The van der Waals surface area contributed by atoms with Gasteiger partial charge < -0.3 is 5.32 Å². The Kier molecular flexibility index (Phi) is 2.32. The molecular weight excluding hydrogens is 160 g/mol. The SMILES string of the molecule is CC(C)Cc1ccc2c(n1)CNC2. The molecule has 0 amide bonds. The minimum atomic E-state index is 0.694. The summed E-state index contributed by atoms with van der Waals surface area (Å²) in [4.78, 5) is 4.63. The van der Waals surface area contributed by atoms with E-state index >= 15 is 0 Å². The fraction of sp³-hybridized carbons (Fsp3) is 0.545. The Labute approximate surface area is 79.4 Å². The molecule has 2 heteroatoms. The highest BCUT2D eigenvalue weighted by Crippen LogP contribution is 2.15. The first-order valence-electron chi connectivity index (χ1n) is 4.94. The van der Waals surface area contributed by atoms with Gasteiger partial charge in [0.1, 0.15) is 0 Å². The van der Waals surface area contributed by atoms with Crippen LogP contribution in [0.25, 0.3) is 0 Å². The molecule has 2 heterocycles. The van der Waals surface area contributed by atoms with Crippen molar-refractivity contribution in [2.75, 3.05) is 0 Å². The molecule has 0 radical (unpaired) electrons. The first-order valence-corrected chi connectivity index (χ1v) is 4.94. The van der Waals surface area contributed by atoms with Crippen LogP contribution in [-0.4, -0.2) is 4.98 Å². The van der Waals surface area contributed by atoms with Crippen molar-refractivity contribution in [3.05, 3.63) is 29.1 Å². The Morgan fingerprint density at radius 2 is 2.23 bits per heavy atom. The van der Waals surface area contributed by atoms with Gasteiger partial charge in [-0.2, -0.15) is 0 Å². The zero-order valence-corrected chi connectivity index (χ0v) is 8.30. The maximum Gasteiger partial charge on any atom is 0.0589 e. The normalized spacial score (nSPS) is 15.0. The fourth-order valence-electron chi connectivity index (χ4n) is 1.74. The molecule has 2 rings (SSSR count). The Bertz CT molecular complexity index is 305. The van der Waals surface area contributed by atoms with Crippen LogP contribution >= 0.6 is 0 Å². The highest BCUT2D eigenvalue weighted by atomic mass is 14.9. The molecule has 0 aliphatic carbocycles. The second-order valence-corrected chi connectivity index (χ2v) is 4.11. The van der Waals surface area contributed by atoms with Gasteiger partial charge in [-0.3, -0.25) is 4.98 Å². The summed E-state index contributed by atoms with van der Waals surface area (Å²) in [6.45, 7) is 6.39. The van der Waals surface area contributed by atoms with Crippen LogP contribution in [-0.2, 0) is 19.5 Å². The lowest BCUT2D eigenvalue weighted by molar-refractivity contribution is 0.632. The Morgan fingerprint density at radius 3 is 3.00 bits per heavy atom. The third kappa shape index (κ3) is 1.89. The van der Waals surface area contributed by atoms with Crippen molar-refractivity contribution >= 4 is 0 Å². The van der Waals surface area contributed by atoms with Gasteiger partial charge in [-0.15, -0.1) is 0 Å². The van der Waals surface area contributed by atoms with Crippen molar-refractivity contribution in [1.82, 2.24) is 10.3 Å². The molecule has 0 aromatic carbocycles. The number of nitrogens with one attached hydrogen (secondary N) is 1. The lowest BCUT2D eigenvalue weighted by Gasteiger charge is -2.05. The van der Waals surface area contributed by atoms with Crippen molar-refractivity contribution in [2.24, 2.45) is 5.92 Å². The van der Waals surface area contributed by atoms with E-state index in [1.807, 2.05) is 0 Å². The van der Waals surface area contributed by atoms with Gasteiger partial charge in [-0.05, 0) is 24.0 Å². The second-order valence-electron chi connectivity index (χ2n) is 4.11. The molecule has 1 aromatic rings. The summed E-state index contributed by atoms with van der Waals surface area (Å²) < 4.78 is 0. The van der Waals surface area contributed by atoms with Crippen LogP contribution in [0.15, 0.2) is 12.1 Å². The van der Waals surface area contributed by atoms with E-state index in [1.54, 1.807) is 0 Å². The summed E-state index contributed by atoms with van der Waals surface area (Å²) in [5, 5.41) is 3.31. The average Bonchev–Trinajstić information content (AvgIpc) is 2.49. The summed E-state index contributed by atoms with van der Waals surface area (Å²) in [7, 11) is 0. The van der Waals surface area contributed by atoms with E-state index in [-0.39, 0.29) is 0 Å². The van der Waals surface area contributed by atoms with Gasteiger partial charge in [0.05, 0.1) is 5.69 Å². The van der Waals surface area contributed by atoms with Crippen molar-refractivity contribution in [3.8, 4) is 0 Å². The fourth-order valence-corrected chi connectivity index (χ4v) is 1.74. The molecule has 70 valence electrons. The van der Waals surface area contributed by atoms with Gasteiger partial charge >= 0.3 is 0 Å². The molecule has 1 aromatic heterocycles. The maximum atomic E-state index is 4.63. The molecule has 0 unspecified atom stereocenters. The van der Waals surface area contributed by atoms with Crippen LogP contribution in [0.4, 0.5) is 0 Å². The van der Waals surface area contributed by atoms with Crippen LogP contribution < -0.4 is 5.32 Å². The molecule has 1 N–H and O–H groups in total. The molecule has 1 aliphatic rings. The van der Waals surface area contributed by atoms with E-state index in [2.05, 4.69) is 36.3 Å². The molecular formula is C11H16N2. The number of fused-ring (bicyclic) bond motifs is 1. The number of hydrogen-bond acceptors (Lipinski definition) is 2. The highest BCUT2D eigenvalue weighted by molar-refractivity contribution is 5.26. The zero-order chi connectivity index (χ0) is 9.26. The molecule has 0 spiro atoms. The molecule has 0 saturated carbocycles. The lowest BCUT2D eigenvalue weighted by Crippen LogP contribution is -2.02. The van der Waals surface area contributed by atoms with Crippen LogP contribution in [0.2, 0.25) is 0 Å². The van der Waals surface area contributed by atoms with Gasteiger partial charge in [0, 0.05) is 18.8 Å². The predicted octanol–water partition coefficient (Wildman–Crippen LogP) is 1.88. The van der Waals surface area contributed by atoms with Gasteiger partial charge in [-0.25, -0.2) is 0 Å². The van der Waals surface area contributed by atoms with Crippen molar-refractivity contribution in [1.29, 1.82) is 0 Å².